The molecule has 0 fully saturated rings. The van der Waals surface area contributed by atoms with E-state index < -0.39 is 0 Å². The Balaban J connectivity index is 0.00000256. The Morgan fingerprint density at radius 3 is 2.33 bits per heavy atom. The third-order valence-corrected chi connectivity index (χ3v) is 5.22. The molecular weight excluding hydrogens is 410 g/mol. The van der Waals surface area contributed by atoms with Gasteiger partial charge in [-0.3, -0.25) is 9.79 Å². The van der Waals surface area contributed by atoms with Crippen LogP contribution in [-0.2, 0) is 28.8 Å². The maximum atomic E-state index is 11.9. The van der Waals surface area contributed by atoms with Crippen LogP contribution in [0, 0.1) is 0 Å². The highest BCUT2D eigenvalue weighted by Gasteiger charge is 2.23. The van der Waals surface area contributed by atoms with Crippen LogP contribution in [0.3, 0.4) is 0 Å². The zero-order valence-corrected chi connectivity index (χ0v) is 18.0. The van der Waals surface area contributed by atoms with Crippen molar-refractivity contribution in [3.05, 3.63) is 46.5 Å². The number of nitrogens with zero attached hydrogens (tertiary/aromatic N) is 1. The summed E-state index contributed by atoms with van der Waals surface area (Å²) in [5.41, 5.74) is 4.95. The molecule has 160 valence electrons. The average Bonchev–Trinajstić information content (AvgIpc) is 3.20. The van der Waals surface area contributed by atoms with Crippen molar-refractivity contribution in [3.8, 4) is 23.0 Å². The first-order chi connectivity index (χ1) is 14.1. The van der Waals surface area contributed by atoms with Crippen LogP contribution in [0.4, 0.5) is 0 Å². The lowest BCUT2D eigenvalue weighted by Gasteiger charge is -2.21. The SMILES string of the molecule is COC(=O)Cc1cc2c(cc1CC1=NCCc3cc(OC)c(OC)cc31)OCO2.Cl. The number of carbonyl (C=O) groups excluding carboxylic acids is 1. The lowest BCUT2D eigenvalue weighted by atomic mass is 9.90. The van der Waals surface area contributed by atoms with Crippen LogP contribution in [0.25, 0.3) is 0 Å². The number of rotatable bonds is 6. The van der Waals surface area contributed by atoms with Crippen molar-refractivity contribution in [3.63, 3.8) is 0 Å². The van der Waals surface area contributed by atoms with Gasteiger partial charge in [0.05, 0.1) is 27.8 Å². The number of esters is 1. The Kier molecular flexibility index (Phi) is 6.72. The number of ether oxygens (including phenoxy) is 5. The molecule has 4 rings (SSSR count). The van der Waals surface area contributed by atoms with Gasteiger partial charge in [0.15, 0.2) is 23.0 Å². The van der Waals surface area contributed by atoms with Crippen molar-refractivity contribution >= 4 is 24.1 Å². The zero-order chi connectivity index (χ0) is 20.4. The maximum absolute atomic E-state index is 11.9. The van der Waals surface area contributed by atoms with E-state index in [9.17, 15) is 4.79 Å². The lowest BCUT2D eigenvalue weighted by molar-refractivity contribution is -0.139. The van der Waals surface area contributed by atoms with E-state index in [0.29, 0.717) is 36.0 Å². The van der Waals surface area contributed by atoms with Gasteiger partial charge in [0.25, 0.3) is 0 Å². The minimum Gasteiger partial charge on any atom is -0.493 e. The van der Waals surface area contributed by atoms with Crippen molar-refractivity contribution in [2.45, 2.75) is 19.3 Å². The molecule has 2 aromatic rings. The molecule has 0 saturated heterocycles. The molecule has 30 heavy (non-hydrogen) atoms. The minimum absolute atomic E-state index is 0. The van der Waals surface area contributed by atoms with Crippen LogP contribution < -0.4 is 18.9 Å². The van der Waals surface area contributed by atoms with Gasteiger partial charge < -0.3 is 23.7 Å². The third kappa shape index (κ3) is 4.16. The Hall–Kier alpha value is -2.93. The molecule has 2 heterocycles. The lowest BCUT2D eigenvalue weighted by Crippen LogP contribution is -2.17. The van der Waals surface area contributed by atoms with Gasteiger partial charge in [-0.05, 0) is 47.4 Å². The van der Waals surface area contributed by atoms with E-state index in [2.05, 4.69) is 0 Å². The summed E-state index contributed by atoms with van der Waals surface area (Å²) in [6.07, 6.45) is 1.56. The second-order valence-electron chi connectivity index (χ2n) is 6.85. The topological polar surface area (TPSA) is 75.6 Å². The number of hydrogen-bond donors (Lipinski definition) is 0. The monoisotopic (exact) mass is 433 g/mol. The van der Waals surface area contributed by atoms with E-state index in [0.717, 1.165) is 28.8 Å². The quantitative estimate of drug-likeness (QED) is 0.651. The molecule has 2 aliphatic heterocycles. The van der Waals surface area contributed by atoms with Crippen LogP contribution >= 0.6 is 12.4 Å². The van der Waals surface area contributed by atoms with Crippen molar-refractivity contribution in [2.24, 2.45) is 4.99 Å². The highest BCUT2D eigenvalue weighted by molar-refractivity contribution is 6.04. The summed E-state index contributed by atoms with van der Waals surface area (Å²) in [5.74, 6) is 2.40. The normalized spacial score (nSPS) is 13.6. The first kappa shape index (κ1) is 21.8. The van der Waals surface area contributed by atoms with Crippen LogP contribution in [0.15, 0.2) is 29.3 Å². The van der Waals surface area contributed by atoms with Gasteiger partial charge in [0, 0.05) is 24.2 Å². The standard InChI is InChI=1S/C22H23NO6.ClH/c1-25-18-7-13-4-5-23-17(16(13)11-19(18)26-2)6-14-8-20-21(29-12-28-20)9-15(14)10-22(24)27-3;/h7-9,11H,4-6,10,12H2,1-3H3;1H. The molecular formula is C22H24ClNO6. The van der Waals surface area contributed by atoms with Gasteiger partial charge in [-0.25, -0.2) is 0 Å². The molecule has 0 unspecified atom stereocenters. The van der Waals surface area contributed by atoms with Crippen molar-refractivity contribution in [1.29, 1.82) is 0 Å². The second kappa shape index (κ2) is 9.26. The summed E-state index contributed by atoms with van der Waals surface area (Å²) in [6, 6.07) is 7.77. The Morgan fingerprint density at radius 1 is 1.00 bits per heavy atom. The summed E-state index contributed by atoms with van der Waals surface area (Å²) < 4.78 is 26.8. The van der Waals surface area contributed by atoms with Gasteiger partial charge in [-0.15, -0.1) is 12.4 Å². The van der Waals surface area contributed by atoms with Gasteiger partial charge in [0.2, 0.25) is 6.79 Å². The number of methoxy groups -OCH3 is 3. The Morgan fingerprint density at radius 2 is 1.67 bits per heavy atom. The molecule has 8 heteroatoms. The van der Waals surface area contributed by atoms with Crippen molar-refractivity contribution < 1.29 is 28.5 Å². The van der Waals surface area contributed by atoms with Crippen LogP contribution in [-0.4, -0.2) is 46.3 Å². The Labute approximate surface area is 181 Å². The molecule has 2 aromatic carbocycles. The zero-order valence-electron chi connectivity index (χ0n) is 17.1. The van der Waals surface area contributed by atoms with E-state index in [1.54, 1.807) is 14.2 Å². The molecule has 7 nitrogen and oxygen atoms in total. The summed E-state index contributed by atoms with van der Waals surface area (Å²) in [7, 11) is 4.64. The van der Waals surface area contributed by atoms with Gasteiger partial charge in [-0.1, -0.05) is 0 Å². The number of aliphatic imine (C=N–C) groups is 1. The predicted molar refractivity (Wildman–Crippen MR) is 114 cm³/mol. The summed E-state index contributed by atoms with van der Waals surface area (Å²) in [6.45, 7) is 0.881. The summed E-state index contributed by atoms with van der Waals surface area (Å²) >= 11 is 0. The summed E-state index contributed by atoms with van der Waals surface area (Å²) in [4.78, 5) is 16.7. The van der Waals surface area contributed by atoms with E-state index >= 15 is 0 Å². The number of fused-ring (bicyclic) bond motifs is 2. The molecule has 0 radical (unpaired) electrons. The van der Waals surface area contributed by atoms with Gasteiger partial charge in [0.1, 0.15) is 0 Å². The van der Waals surface area contributed by atoms with Crippen molar-refractivity contribution in [2.75, 3.05) is 34.7 Å². The maximum Gasteiger partial charge on any atom is 0.309 e. The van der Waals surface area contributed by atoms with E-state index in [-0.39, 0.29) is 31.6 Å². The highest BCUT2D eigenvalue weighted by Crippen LogP contribution is 2.37. The largest absolute Gasteiger partial charge is 0.493 e. The molecule has 0 saturated carbocycles. The molecule has 0 amide bonds. The number of hydrogen-bond acceptors (Lipinski definition) is 7. The molecule has 0 spiro atoms. The molecule has 0 bridgehead atoms. The van der Waals surface area contributed by atoms with Crippen LogP contribution in [0.1, 0.15) is 22.3 Å². The summed E-state index contributed by atoms with van der Waals surface area (Å²) in [5, 5.41) is 0. The number of benzene rings is 2. The van der Waals surface area contributed by atoms with E-state index in [1.165, 1.54) is 12.7 Å². The Bertz CT molecular complexity index is 988. The minimum atomic E-state index is -0.303. The van der Waals surface area contributed by atoms with E-state index in [1.807, 2.05) is 24.3 Å². The third-order valence-electron chi connectivity index (χ3n) is 5.22. The fourth-order valence-electron chi connectivity index (χ4n) is 3.71. The van der Waals surface area contributed by atoms with Crippen LogP contribution in [0.2, 0.25) is 0 Å². The molecule has 0 N–H and O–H groups in total. The fraction of sp³-hybridized carbons (Fsp3) is 0.364. The number of carbonyl (C=O) groups is 1. The van der Waals surface area contributed by atoms with Gasteiger partial charge in [-0.2, -0.15) is 0 Å². The predicted octanol–water partition coefficient (Wildman–Crippen LogP) is 3.16. The fourth-order valence-corrected chi connectivity index (χ4v) is 3.71. The smallest absolute Gasteiger partial charge is 0.309 e. The van der Waals surface area contributed by atoms with E-state index in [4.69, 9.17) is 28.7 Å². The highest BCUT2D eigenvalue weighted by atomic mass is 35.5. The first-order valence-corrected chi connectivity index (χ1v) is 9.39. The van der Waals surface area contributed by atoms with Gasteiger partial charge >= 0.3 is 5.97 Å². The molecule has 0 aromatic heterocycles. The molecule has 2 aliphatic rings. The first-order valence-electron chi connectivity index (χ1n) is 9.39. The average molecular weight is 434 g/mol. The number of halogens is 1. The van der Waals surface area contributed by atoms with Crippen molar-refractivity contribution in [1.82, 2.24) is 0 Å². The molecule has 0 aliphatic carbocycles. The second-order valence-corrected chi connectivity index (χ2v) is 6.85. The van der Waals surface area contributed by atoms with Crippen LogP contribution in [0.5, 0.6) is 23.0 Å². The molecule has 0 atom stereocenters.